The predicted octanol–water partition coefficient (Wildman–Crippen LogP) is 2.89. The summed E-state index contributed by atoms with van der Waals surface area (Å²) in [5.74, 6) is 0.759. The van der Waals surface area contributed by atoms with E-state index < -0.39 is 5.60 Å². The van der Waals surface area contributed by atoms with E-state index in [1.54, 1.807) is 4.90 Å². The fourth-order valence-corrected chi connectivity index (χ4v) is 3.49. The fourth-order valence-electron chi connectivity index (χ4n) is 3.49. The Balaban J connectivity index is 1.62. The summed E-state index contributed by atoms with van der Waals surface area (Å²) >= 11 is 0. The molecule has 2 aliphatic heterocycles. The highest BCUT2D eigenvalue weighted by Gasteiger charge is 2.35. The molecule has 1 fully saturated rings. The molecule has 0 atom stereocenters. The van der Waals surface area contributed by atoms with E-state index in [4.69, 9.17) is 4.74 Å². The molecule has 1 saturated heterocycles. The minimum Gasteiger partial charge on any atom is -0.481 e. The number of hydrogen-bond acceptors (Lipinski definition) is 4. The van der Waals surface area contributed by atoms with Crippen LogP contribution in [0.1, 0.15) is 70.2 Å². The zero-order valence-electron chi connectivity index (χ0n) is 15.5. The Morgan fingerprint density at radius 3 is 2.60 bits per heavy atom. The quantitative estimate of drug-likeness (QED) is 0.914. The van der Waals surface area contributed by atoms with Crippen LogP contribution in [0.25, 0.3) is 0 Å². The van der Waals surface area contributed by atoms with Crippen molar-refractivity contribution in [1.82, 2.24) is 15.1 Å². The van der Waals surface area contributed by atoms with Gasteiger partial charge in [0.1, 0.15) is 5.60 Å². The number of hydrogen-bond donors (Lipinski definition) is 1. The molecule has 25 heavy (non-hydrogen) atoms. The first-order valence-electron chi connectivity index (χ1n) is 9.03. The number of ketones is 1. The van der Waals surface area contributed by atoms with Crippen molar-refractivity contribution in [3.63, 3.8) is 0 Å². The van der Waals surface area contributed by atoms with Gasteiger partial charge in [-0.15, -0.1) is 0 Å². The Hall–Kier alpha value is -2.11. The second-order valence-electron chi connectivity index (χ2n) is 7.98. The minimum atomic E-state index is -0.613. The van der Waals surface area contributed by atoms with Gasteiger partial charge in [-0.05, 0) is 38.7 Å². The minimum absolute atomic E-state index is 0.0480. The van der Waals surface area contributed by atoms with Crippen LogP contribution in [0.3, 0.4) is 0 Å². The number of likely N-dealkylation sites (tertiary alicyclic amines) is 1. The van der Waals surface area contributed by atoms with E-state index in [2.05, 4.69) is 30.1 Å². The van der Waals surface area contributed by atoms with Gasteiger partial charge in [0, 0.05) is 37.2 Å². The standard InChI is InChI=1S/C19H27N3O3/c1-12(2)15-10-16(21-20-15)13-5-7-22(8-6-13)18(24)17-9-14(23)11-19(3,4)25-17/h9-10,12-13H,5-8,11H2,1-4H3,(H,20,21). The SMILES string of the molecule is CC(C)c1cc(C2CCN(C(=O)C3=CC(=O)CC(C)(C)O3)CC2)[nH]n1. The second kappa shape index (κ2) is 6.65. The molecule has 1 aromatic rings. The Morgan fingerprint density at radius 2 is 2.04 bits per heavy atom. The number of H-pyrrole nitrogens is 1. The molecular weight excluding hydrogens is 318 g/mol. The van der Waals surface area contributed by atoms with Crippen molar-refractivity contribution in [2.45, 2.75) is 64.4 Å². The Labute approximate surface area is 148 Å². The van der Waals surface area contributed by atoms with E-state index in [9.17, 15) is 9.59 Å². The van der Waals surface area contributed by atoms with Crippen molar-refractivity contribution >= 4 is 11.7 Å². The highest BCUT2D eigenvalue weighted by atomic mass is 16.5. The smallest absolute Gasteiger partial charge is 0.289 e. The van der Waals surface area contributed by atoms with Crippen molar-refractivity contribution in [2.75, 3.05) is 13.1 Å². The van der Waals surface area contributed by atoms with Gasteiger partial charge < -0.3 is 9.64 Å². The van der Waals surface area contributed by atoms with Crippen LogP contribution >= 0.6 is 0 Å². The second-order valence-corrected chi connectivity index (χ2v) is 7.98. The number of nitrogens with one attached hydrogen (secondary N) is 1. The summed E-state index contributed by atoms with van der Waals surface area (Å²) in [5.41, 5.74) is 1.62. The molecule has 1 N–H and O–H groups in total. The molecular formula is C19H27N3O3. The molecule has 1 aromatic heterocycles. The third kappa shape index (κ3) is 3.94. The largest absolute Gasteiger partial charge is 0.481 e. The van der Waals surface area contributed by atoms with Crippen LogP contribution in [-0.2, 0) is 14.3 Å². The van der Waals surface area contributed by atoms with Crippen molar-refractivity contribution < 1.29 is 14.3 Å². The number of amides is 1. The maximum Gasteiger partial charge on any atom is 0.289 e. The molecule has 2 aliphatic rings. The van der Waals surface area contributed by atoms with Gasteiger partial charge in [0.25, 0.3) is 5.91 Å². The number of aromatic nitrogens is 2. The Kier molecular flexibility index (Phi) is 4.71. The molecule has 136 valence electrons. The molecule has 0 spiro atoms. The van der Waals surface area contributed by atoms with Crippen molar-refractivity contribution in [3.8, 4) is 0 Å². The summed E-state index contributed by atoms with van der Waals surface area (Å²) in [4.78, 5) is 26.3. The average molecular weight is 345 g/mol. The normalized spacial score (nSPS) is 21.2. The molecule has 0 unspecified atom stereocenters. The maximum absolute atomic E-state index is 12.7. The van der Waals surface area contributed by atoms with Gasteiger partial charge in [0.2, 0.25) is 0 Å². The average Bonchev–Trinajstić information content (AvgIpc) is 3.02. The Bertz CT molecular complexity index is 695. The van der Waals surface area contributed by atoms with Crippen molar-refractivity contribution in [2.24, 2.45) is 0 Å². The first kappa shape index (κ1) is 17.7. The monoisotopic (exact) mass is 345 g/mol. The van der Waals surface area contributed by atoms with E-state index in [1.165, 1.54) is 6.08 Å². The van der Waals surface area contributed by atoms with Gasteiger partial charge in [-0.25, -0.2) is 0 Å². The molecule has 6 heteroatoms. The molecule has 0 radical (unpaired) electrons. The molecule has 0 saturated carbocycles. The molecule has 3 heterocycles. The number of rotatable bonds is 3. The van der Waals surface area contributed by atoms with Gasteiger partial charge in [-0.1, -0.05) is 13.8 Å². The third-order valence-corrected chi connectivity index (χ3v) is 4.92. The van der Waals surface area contributed by atoms with Crippen molar-refractivity contribution in [1.29, 1.82) is 0 Å². The zero-order valence-corrected chi connectivity index (χ0v) is 15.5. The van der Waals surface area contributed by atoms with Crippen LogP contribution < -0.4 is 0 Å². The number of carbonyl (C=O) groups is 2. The summed E-state index contributed by atoms with van der Waals surface area (Å²) in [6.07, 6.45) is 3.43. The van der Waals surface area contributed by atoms with E-state index in [0.29, 0.717) is 31.3 Å². The fraction of sp³-hybridized carbons (Fsp3) is 0.632. The highest BCUT2D eigenvalue weighted by Crippen LogP contribution is 2.30. The zero-order chi connectivity index (χ0) is 18.2. The van der Waals surface area contributed by atoms with Gasteiger partial charge >= 0.3 is 0 Å². The van der Waals surface area contributed by atoms with Crippen LogP contribution in [0, 0.1) is 0 Å². The van der Waals surface area contributed by atoms with Crippen LogP contribution in [0.5, 0.6) is 0 Å². The molecule has 0 bridgehead atoms. The van der Waals surface area contributed by atoms with Crippen LogP contribution in [0.4, 0.5) is 0 Å². The van der Waals surface area contributed by atoms with Gasteiger partial charge in [0.05, 0.1) is 5.69 Å². The lowest BCUT2D eigenvalue weighted by Gasteiger charge is -2.35. The predicted molar refractivity (Wildman–Crippen MR) is 94.1 cm³/mol. The summed E-state index contributed by atoms with van der Waals surface area (Å²) < 4.78 is 5.73. The van der Waals surface area contributed by atoms with Crippen LogP contribution in [0.15, 0.2) is 17.9 Å². The maximum atomic E-state index is 12.7. The van der Waals surface area contributed by atoms with Crippen LogP contribution in [-0.4, -0.2) is 45.5 Å². The van der Waals surface area contributed by atoms with Crippen molar-refractivity contribution in [3.05, 3.63) is 29.3 Å². The number of allylic oxidation sites excluding steroid dienone is 1. The van der Waals surface area contributed by atoms with E-state index in [0.717, 1.165) is 24.2 Å². The lowest BCUT2D eigenvalue weighted by Crippen LogP contribution is -2.42. The topological polar surface area (TPSA) is 75.3 Å². The highest BCUT2D eigenvalue weighted by molar-refractivity contribution is 6.01. The van der Waals surface area contributed by atoms with E-state index in [1.807, 2.05) is 13.8 Å². The lowest BCUT2D eigenvalue weighted by atomic mass is 9.92. The Morgan fingerprint density at radius 1 is 1.36 bits per heavy atom. The van der Waals surface area contributed by atoms with Gasteiger partial charge in [-0.3, -0.25) is 14.7 Å². The number of piperidine rings is 1. The molecule has 6 nitrogen and oxygen atoms in total. The number of aromatic amines is 1. The third-order valence-electron chi connectivity index (χ3n) is 4.92. The van der Waals surface area contributed by atoms with Gasteiger partial charge in [-0.2, -0.15) is 5.10 Å². The van der Waals surface area contributed by atoms with Gasteiger partial charge in [0.15, 0.2) is 11.5 Å². The molecule has 0 aromatic carbocycles. The number of carbonyl (C=O) groups excluding carboxylic acids is 2. The first-order chi connectivity index (χ1) is 11.7. The lowest BCUT2D eigenvalue weighted by molar-refractivity contribution is -0.139. The summed E-state index contributed by atoms with van der Waals surface area (Å²) in [6.45, 7) is 9.25. The summed E-state index contributed by atoms with van der Waals surface area (Å²) in [5, 5.41) is 7.52. The van der Waals surface area contributed by atoms with E-state index in [-0.39, 0.29) is 17.4 Å². The molecule has 0 aliphatic carbocycles. The van der Waals surface area contributed by atoms with Crippen LogP contribution in [0.2, 0.25) is 0 Å². The first-order valence-corrected chi connectivity index (χ1v) is 9.03. The van der Waals surface area contributed by atoms with E-state index >= 15 is 0 Å². The summed E-state index contributed by atoms with van der Waals surface area (Å²) in [6, 6.07) is 2.14. The molecule has 3 rings (SSSR count). The molecule has 1 amide bonds. The summed E-state index contributed by atoms with van der Waals surface area (Å²) in [7, 11) is 0. The number of nitrogens with zero attached hydrogens (tertiary/aromatic N) is 2. The number of ether oxygens (including phenoxy) is 1.